The van der Waals surface area contributed by atoms with Crippen molar-refractivity contribution >= 4 is 29.4 Å². The van der Waals surface area contributed by atoms with Gasteiger partial charge >= 0.3 is 11.9 Å². The lowest BCUT2D eigenvalue weighted by atomic mass is 10.1. The van der Waals surface area contributed by atoms with Gasteiger partial charge in [0, 0.05) is 6.20 Å². The molecule has 0 bridgehead atoms. The highest BCUT2D eigenvalue weighted by atomic mass is 19.1. The van der Waals surface area contributed by atoms with Crippen molar-refractivity contribution in [3.63, 3.8) is 0 Å². The normalized spacial score (nSPS) is 12.3. The Kier molecular flexibility index (Phi) is 6.44. The smallest absolute Gasteiger partial charge is 0.347 e. The van der Waals surface area contributed by atoms with Crippen LogP contribution in [0.25, 0.3) is 0 Å². The van der Waals surface area contributed by atoms with Gasteiger partial charge in [-0.25, -0.2) is 19.0 Å². The van der Waals surface area contributed by atoms with Crippen molar-refractivity contribution in [3.05, 3.63) is 77.2 Å². The lowest BCUT2D eigenvalue weighted by Crippen LogP contribution is -2.44. The van der Waals surface area contributed by atoms with E-state index in [2.05, 4.69) is 0 Å². The van der Waals surface area contributed by atoms with Gasteiger partial charge in [-0.15, -0.1) is 0 Å². The molecule has 0 spiro atoms. The van der Waals surface area contributed by atoms with Gasteiger partial charge in [0.25, 0.3) is 11.8 Å². The number of nitrogens with zero attached hydrogens (tertiary/aromatic N) is 2. The van der Waals surface area contributed by atoms with E-state index in [9.17, 15) is 23.6 Å². The minimum atomic E-state index is -0.996. The zero-order valence-electron chi connectivity index (χ0n) is 16.8. The molecule has 1 aliphatic heterocycles. The van der Waals surface area contributed by atoms with E-state index in [1.165, 1.54) is 24.3 Å². The number of rotatable bonds is 7. The Hall–Kier alpha value is -4.01. The highest BCUT2D eigenvalue weighted by molar-refractivity contribution is 6.22. The molecule has 9 heteroatoms. The van der Waals surface area contributed by atoms with Gasteiger partial charge in [0.05, 0.1) is 30.0 Å². The monoisotopic (exact) mass is 426 g/mol. The fourth-order valence-electron chi connectivity index (χ4n) is 2.94. The second-order valence-electron chi connectivity index (χ2n) is 6.27. The average molecular weight is 426 g/mol. The number of hydrogen-bond acceptors (Lipinski definition) is 7. The quantitative estimate of drug-likeness (QED) is 0.221. The molecule has 0 radical (unpaired) electrons. The molecule has 0 aliphatic carbocycles. The van der Waals surface area contributed by atoms with Crippen LogP contribution in [0.3, 0.4) is 0 Å². The molecule has 8 nitrogen and oxygen atoms in total. The van der Waals surface area contributed by atoms with Crippen LogP contribution in [0.1, 0.15) is 34.6 Å². The summed E-state index contributed by atoms with van der Waals surface area (Å²) in [6, 6.07) is 11.0. The van der Waals surface area contributed by atoms with Gasteiger partial charge in [-0.2, -0.15) is 5.01 Å². The summed E-state index contributed by atoms with van der Waals surface area (Å²) in [5, 5.41) is 1.77. The minimum absolute atomic E-state index is 0.0147. The Morgan fingerprint density at radius 2 is 1.39 bits per heavy atom. The van der Waals surface area contributed by atoms with E-state index in [1.54, 1.807) is 26.0 Å². The van der Waals surface area contributed by atoms with Crippen LogP contribution in [-0.2, 0) is 19.1 Å². The molecule has 0 unspecified atom stereocenters. The Bertz CT molecular complexity index is 1010. The summed E-state index contributed by atoms with van der Waals surface area (Å²) >= 11 is 0. The summed E-state index contributed by atoms with van der Waals surface area (Å²) in [6.07, 6.45) is 0.977. The topological polar surface area (TPSA) is 93.2 Å². The highest BCUT2D eigenvalue weighted by Gasteiger charge is 2.40. The molecule has 0 aromatic heterocycles. The summed E-state index contributed by atoms with van der Waals surface area (Å²) in [7, 11) is 0. The van der Waals surface area contributed by atoms with Crippen LogP contribution in [0.5, 0.6) is 0 Å². The van der Waals surface area contributed by atoms with Gasteiger partial charge < -0.3 is 9.47 Å². The molecule has 0 saturated heterocycles. The van der Waals surface area contributed by atoms with Crippen molar-refractivity contribution < 1.29 is 33.0 Å². The summed E-state index contributed by atoms with van der Waals surface area (Å²) in [6.45, 7) is 3.09. The predicted octanol–water partition coefficient (Wildman–Crippen LogP) is 2.85. The van der Waals surface area contributed by atoms with Gasteiger partial charge in [0.2, 0.25) is 0 Å². The van der Waals surface area contributed by atoms with E-state index >= 15 is 0 Å². The molecule has 160 valence electrons. The first kappa shape index (κ1) is 21.7. The largest absolute Gasteiger partial charge is 0.462 e. The third-order valence-corrected chi connectivity index (χ3v) is 4.32. The maximum absolute atomic E-state index is 13.5. The molecule has 31 heavy (non-hydrogen) atoms. The van der Waals surface area contributed by atoms with Crippen molar-refractivity contribution in [2.24, 2.45) is 0 Å². The van der Waals surface area contributed by atoms with Crippen LogP contribution in [-0.4, -0.2) is 42.0 Å². The Morgan fingerprint density at radius 3 is 1.84 bits per heavy atom. The first-order valence-electron chi connectivity index (χ1n) is 9.47. The first-order chi connectivity index (χ1) is 14.9. The van der Waals surface area contributed by atoms with E-state index in [4.69, 9.17) is 9.47 Å². The fourth-order valence-corrected chi connectivity index (χ4v) is 2.94. The second-order valence-corrected chi connectivity index (χ2v) is 6.27. The van der Waals surface area contributed by atoms with Gasteiger partial charge in [-0.1, -0.05) is 12.1 Å². The number of benzene rings is 2. The number of imide groups is 1. The number of esters is 2. The second kappa shape index (κ2) is 9.21. The average Bonchev–Trinajstić information content (AvgIpc) is 3.01. The number of amides is 2. The molecular formula is C22H19FN2O6. The zero-order chi connectivity index (χ0) is 22.5. The van der Waals surface area contributed by atoms with E-state index in [-0.39, 0.29) is 30.0 Å². The molecule has 2 aromatic carbocycles. The first-order valence-corrected chi connectivity index (χ1v) is 9.47. The van der Waals surface area contributed by atoms with Gasteiger partial charge in [-0.3, -0.25) is 9.59 Å². The lowest BCUT2D eigenvalue weighted by Gasteiger charge is -2.29. The Balaban J connectivity index is 2.15. The van der Waals surface area contributed by atoms with Crippen LogP contribution < -0.4 is 5.01 Å². The maximum atomic E-state index is 13.5. The van der Waals surface area contributed by atoms with E-state index in [1.807, 2.05) is 0 Å². The SMILES string of the molecule is CCOC(=O)C(=CN(c1ccc(F)cc1)N1C(=O)c2ccccc2C1=O)C(=O)OCC. The van der Waals surface area contributed by atoms with Gasteiger partial charge in [0.15, 0.2) is 5.57 Å². The molecule has 3 rings (SSSR count). The molecular weight excluding hydrogens is 407 g/mol. The van der Waals surface area contributed by atoms with Crippen molar-refractivity contribution in [1.82, 2.24) is 5.01 Å². The molecule has 0 N–H and O–H groups in total. The number of hydrazine groups is 1. The Labute approximate surface area is 177 Å². The van der Waals surface area contributed by atoms with Crippen molar-refractivity contribution in [2.45, 2.75) is 13.8 Å². The third-order valence-electron chi connectivity index (χ3n) is 4.32. The molecule has 0 saturated carbocycles. The minimum Gasteiger partial charge on any atom is -0.462 e. The number of halogens is 1. The lowest BCUT2D eigenvalue weighted by molar-refractivity contribution is -0.146. The summed E-state index contributed by atoms with van der Waals surface area (Å²) in [5.74, 6) is -3.89. The van der Waals surface area contributed by atoms with Crippen LogP contribution in [0.15, 0.2) is 60.3 Å². The number of fused-ring (bicyclic) bond motifs is 1. The summed E-state index contributed by atoms with van der Waals surface area (Å²) < 4.78 is 23.3. The summed E-state index contributed by atoms with van der Waals surface area (Å²) in [4.78, 5) is 50.8. The standard InChI is InChI=1S/C22H19FN2O6/c1-3-30-21(28)18(22(29)31-4-2)13-24(15-11-9-14(23)10-12-15)25-19(26)16-7-5-6-8-17(16)20(25)27/h5-13H,3-4H2,1-2H3. The number of anilines is 1. The van der Waals surface area contributed by atoms with Crippen molar-refractivity contribution in [1.29, 1.82) is 0 Å². The van der Waals surface area contributed by atoms with Crippen molar-refractivity contribution in [3.8, 4) is 0 Å². The third kappa shape index (κ3) is 4.30. The zero-order valence-corrected chi connectivity index (χ0v) is 16.8. The predicted molar refractivity (Wildman–Crippen MR) is 107 cm³/mol. The van der Waals surface area contributed by atoms with E-state index in [0.717, 1.165) is 28.4 Å². The van der Waals surface area contributed by atoms with Crippen LogP contribution in [0.2, 0.25) is 0 Å². The van der Waals surface area contributed by atoms with Crippen LogP contribution >= 0.6 is 0 Å². The maximum Gasteiger partial charge on any atom is 0.347 e. The highest BCUT2D eigenvalue weighted by Crippen LogP contribution is 2.29. The summed E-state index contributed by atoms with van der Waals surface area (Å²) in [5.41, 5.74) is -0.0738. The number of hydrogen-bond donors (Lipinski definition) is 0. The number of carbonyl (C=O) groups excluding carboxylic acids is 4. The van der Waals surface area contributed by atoms with Gasteiger partial charge in [0.1, 0.15) is 5.82 Å². The van der Waals surface area contributed by atoms with Crippen LogP contribution in [0, 0.1) is 5.82 Å². The van der Waals surface area contributed by atoms with Crippen molar-refractivity contribution in [2.75, 3.05) is 18.2 Å². The molecule has 0 atom stereocenters. The fraction of sp³-hybridized carbons (Fsp3) is 0.182. The number of carbonyl (C=O) groups is 4. The molecule has 2 amide bonds. The molecule has 0 fully saturated rings. The van der Waals surface area contributed by atoms with E-state index in [0.29, 0.717) is 0 Å². The Morgan fingerprint density at radius 1 is 0.903 bits per heavy atom. The van der Waals surface area contributed by atoms with E-state index < -0.39 is 35.1 Å². The molecule has 2 aromatic rings. The van der Waals surface area contributed by atoms with Gasteiger partial charge in [-0.05, 0) is 50.2 Å². The van der Waals surface area contributed by atoms with Crippen LogP contribution in [0.4, 0.5) is 10.1 Å². The molecule has 1 heterocycles. The number of ether oxygens (including phenoxy) is 2. The molecule has 1 aliphatic rings.